The Balaban J connectivity index is 2.64. The van der Waals surface area contributed by atoms with Crippen LogP contribution in [0, 0.1) is 5.92 Å². The molecule has 0 saturated carbocycles. The molecule has 0 nitrogen and oxygen atoms in total. The predicted octanol–water partition coefficient (Wildman–Crippen LogP) is 3.70. The topological polar surface area (TPSA) is 0 Å². The molecule has 0 bridgehead atoms. The summed E-state index contributed by atoms with van der Waals surface area (Å²) < 4.78 is 0. The van der Waals surface area contributed by atoms with E-state index in [-0.39, 0.29) is 0 Å². The van der Waals surface area contributed by atoms with Crippen LogP contribution in [0.15, 0.2) is 23.8 Å². The molecule has 1 atom stereocenters. The van der Waals surface area contributed by atoms with E-state index in [1.807, 2.05) is 0 Å². The molecule has 1 rings (SSSR count). The minimum atomic E-state index is 0.831. The van der Waals surface area contributed by atoms with E-state index in [2.05, 4.69) is 26.5 Å². The Morgan fingerprint density at radius 3 is 2.91 bits per heavy atom. The first-order valence-electron chi connectivity index (χ1n) is 4.61. The van der Waals surface area contributed by atoms with Gasteiger partial charge in [0, 0.05) is 0 Å². The van der Waals surface area contributed by atoms with Crippen LogP contribution in [0.1, 0.15) is 39.5 Å². The third kappa shape index (κ3) is 1.74. The van der Waals surface area contributed by atoms with Gasteiger partial charge in [-0.3, -0.25) is 0 Å². The summed E-state index contributed by atoms with van der Waals surface area (Å²) in [4.78, 5) is 0. The van der Waals surface area contributed by atoms with Gasteiger partial charge in [0.15, 0.2) is 0 Å². The molecule has 0 aromatic heterocycles. The van der Waals surface area contributed by atoms with E-state index in [0.29, 0.717) is 0 Å². The van der Waals surface area contributed by atoms with Crippen molar-refractivity contribution in [3.8, 4) is 0 Å². The van der Waals surface area contributed by atoms with Crippen molar-refractivity contribution in [1.29, 1.82) is 0 Å². The Morgan fingerprint density at radius 2 is 2.36 bits per heavy atom. The van der Waals surface area contributed by atoms with E-state index in [1.165, 1.54) is 31.3 Å². The lowest BCUT2D eigenvalue weighted by Gasteiger charge is -2.09. The molecule has 0 fully saturated rings. The van der Waals surface area contributed by atoms with Crippen molar-refractivity contribution in [2.45, 2.75) is 39.5 Å². The van der Waals surface area contributed by atoms with Gasteiger partial charge in [0.1, 0.15) is 0 Å². The van der Waals surface area contributed by atoms with Gasteiger partial charge in [-0.15, -0.1) is 0 Å². The van der Waals surface area contributed by atoms with Crippen LogP contribution in [0.4, 0.5) is 0 Å². The van der Waals surface area contributed by atoms with Crippen LogP contribution in [-0.2, 0) is 0 Å². The fourth-order valence-electron chi connectivity index (χ4n) is 2.03. The van der Waals surface area contributed by atoms with Crippen molar-refractivity contribution in [3.63, 3.8) is 0 Å². The first kappa shape index (κ1) is 8.58. The van der Waals surface area contributed by atoms with E-state index in [9.17, 15) is 0 Å². The minimum Gasteiger partial charge on any atom is -0.0988 e. The van der Waals surface area contributed by atoms with Crippen LogP contribution in [-0.4, -0.2) is 0 Å². The Kier molecular flexibility index (Phi) is 2.92. The van der Waals surface area contributed by atoms with Gasteiger partial charge in [0.25, 0.3) is 0 Å². The summed E-state index contributed by atoms with van der Waals surface area (Å²) >= 11 is 0. The van der Waals surface area contributed by atoms with Crippen molar-refractivity contribution < 1.29 is 0 Å². The molecule has 0 aliphatic heterocycles. The standard InChI is InChI=1S/C11H18/c1-4-6-10-8-7-9(3)11(10)5-2/h5,10H,2,4,6-8H2,1,3H3. The summed E-state index contributed by atoms with van der Waals surface area (Å²) in [6.45, 7) is 8.37. The summed E-state index contributed by atoms with van der Waals surface area (Å²) in [5, 5.41) is 0. The smallest absolute Gasteiger partial charge is 0.0160 e. The quantitative estimate of drug-likeness (QED) is 0.575. The van der Waals surface area contributed by atoms with Crippen molar-refractivity contribution >= 4 is 0 Å². The predicted molar refractivity (Wildman–Crippen MR) is 50.5 cm³/mol. The Hall–Kier alpha value is -0.520. The Bertz CT molecular complexity index is 174. The summed E-state index contributed by atoms with van der Waals surface area (Å²) in [5.41, 5.74) is 3.10. The highest BCUT2D eigenvalue weighted by molar-refractivity contribution is 5.29. The largest absolute Gasteiger partial charge is 0.0988 e. The monoisotopic (exact) mass is 150 g/mol. The molecular weight excluding hydrogens is 132 g/mol. The third-order valence-corrected chi connectivity index (χ3v) is 2.66. The van der Waals surface area contributed by atoms with Gasteiger partial charge in [-0.1, -0.05) is 31.6 Å². The zero-order chi connectivity index (χ0) is 8.27. The molecule has 0 saturated heterocycles. The lowest BCUT2D eigenvalue weighted by atomic mass is 9.96. The van der Waals surface area contributed by atoms with E-state index in [4.69, 9.17) is 0 Å². The molecule has 11 heavy (non-hydrogen) atoms. The molecule has 0 amide bonds. The molecule has 1 unspecified atom stereocenters. The zero-order valence-electron chi connectivity index (χ0n) is 7.69. The highest BCUT2D eigenvalue weighted by Gasteiger charge is 2.19. The maximum atomic E-state index is 3.87. The van der Waals surface area contributed by atoms with Gasteiger partial charge in [0.05, 0.1) is 0 Å². The highest BCUT2D eigenvalue weighted by Crippen LogP contribution is 2.34. The van der Waals surface area contributed by atoms with Crippen LogP contribution in [0.3, 0.4) is 0 Å². The average Bonchev–Trinajstić information content (AvgIpc) is 2.33. The van der Waals surface area contributed by atoms with Gasteiger partial charge < -0.3 is 0 Å². The normalized spacial score (nSPS) is 24.4. The van der Waals surface area contributed by atoms with Crippen molar-refractivity contribution in [1.82, 2.24) is 0 Å². The maximum Gasteiger partial charge on any atom is -0.0160 e. The van der Waals surface area contributed by atoms with Crippen LogP contribution < -0.4 is 0 Å². The summed E-state index contributed by atoms with van der Waals surface area (Å²) in [6, 6.07) is 0. The van der Waals surface area contributed by atoms with Crippen LogP contribution >= 0.6 is 0 Å². The molecule has 1 aliphatic carbocycles. The minimum absolute atomic E-state index is 0.831. The van der Waals surface area contributed by atoms with Gasteiger partial charge in [-0.05, 0) is 37.7 Å². The lowest BCUT2D eigenvalue weighted by Crippen LogP contribution is -1.96. The molecule has 1 aliphatic rings. The fraction of sp³-hybridized carbons (Fsp3) is 0.636. The third-order valence-electron chi connectivity index (χ3n) is 2.66. The zero-order valence-corrected chi connectivity index (χ0v) is 7.69. The number of rotatable bonds is 3. The molecule has 0 spiro atoms. The second kappa shape index (κ2) is 3.75. The van der Waals surface area contributed by atoms with E-state index in [0.717, 1.165) is 5.92 Å². The Labute approximate surface area is 70.0 Å². The van der Waals surface area contributed by atoms with E-state index in [1.54, 1.807) is 5.57 Å². The molecule has 62 valence electrons. The summed E-state index contributed by atoms with van der Waals surface area (Å²) in [6.07, 6.45) is 7.36. The second-order valence-corrected chi connectivity index (χ2v) is 3.46. The molecule has 0 heterocycles. The van der Waals surface area contributed by atoms with E-state index >= 15 is 0 Å². The molecule has 0 aromatic carbocycles. The summed E-state index contributed by atoms with van der Waals surface area (Å²) in [5.74, 6) is 0.831. The first-order valence-corrected chi connectivity index (χ1v) is 4.61. The SMILES string of the molecule is C=CC1=C(C)CCC1CCC. The lowest BCUT2D eigenvalue weighted by molar-refractivity contribution is 0.553. The van der Waals surface area contributed by atoms with Gasteiger partial charge >= 0.3 is 0 Å². The van der Waals surface area contributed by atoms with Gasteiger partial charge in [0.2, 0.25) is 0 Å². The van der Waals surface area contributed by atoms with Crippen molar-refractivity contribution in [3.05, 3.63) is 23.8 Å². The number of hydrogen-bond acceptors (Lipinski definition) is 0. The molecule has 0 heteroatoms. The van der Waals surface area contributed by atoms with Crippen LogP contribution in [0.25, 0.3) is 0 Å². The highest BCUT2D eigenvalue weighted by atomic mass is 14.2. The van der Waals surface area contributed by atoms with Crippen LogP contribution in [0.5, 0.6) is 0 Å². The molecule has 0 aromatic rings. The van der Waals surface area contributed by atoms with Crippen LogP contribution in [0.2, 0.25) is 0 Å². The first-order chi connectivity index (χ1) is 5.29. The molecule has 0 N–H and O–H groups in total. The Morgan fingerprint density at radius 1 is 1.64 bits per heavy atom. The van der Waals surface area contributed by atoms with Gasteiger partial charge in [-0.2, -0.15) is 0 Å². The van der Waals surface area contributed by atoms with Gasteiger partial charge in [-0.25, -0.2) is 0 Å². The average molecular weight is 150 g/mol. The fourth-order valence-corrected chi connectivity index (χ4v) is 2.03. The molecular formula is C11H18. The summed E-state index contributed by atoms with van der Waals surface area (Å²) in [7, 11) is 0. The number of allylic oxidation sites excluding steroid dienone is 3. The van der Waals surface area contributed by atoms with Crippen molar-refractivity contribution in [2.75, 3.05) is 0 Å². The molecule has 0 radical (unpaired) electrons. The van der Waals surface area contributed by atoms with E-state index < -0.39 is 0 Å². The maximum absolute atomic E-state index is 3.87. The number of hydrogen-bond donors (Lipinski definition) is 0. The second-order valence-electron chi connectivity index (χ2n) is 3.46. The van der Waals surface area contributed by atoms with Crippen molar-refractivity contribution in [2.24, 2.45) is 5.92 Å².